The van der Waals surface area contributed by atoms with Crippen molar-refractivity contribution in [1.29, 1.82) is 0 Å². The lowest BCUT2D eigenvalue weighted by molar-refractivity contribution is 0.251. The van der Waals surface area contributed by atoms with Crippen LogP contribution in [-0.4, -0.2) is 16.0 Å². The van der Waals surface area contributed by atoms with E-state index in [4.69, 9.17) is 0 Å². The summed E-state index contributed by atoms with van der Waals surface area (Å²) in [6.07, 6.45) is 1.62. The largest absolute Gasteiger partial charge is 0.331 e. The van der Waals surface area contributed by atoms with Crippen LogP contribution in [0.15, 0.2) is 29.8 Å². The molecule has 0 bridgehead atoms. The summed E-state index contributed by atoms with van der Waals surface area (Å²) in [6, 6.07) is 5.05. The van der Waals surface area contributed by atoms with Crippen molar-refractivity contribution in [2.24, 2.45) is 0 Å². The summed E-state index contributed by atoms with van der Waals surface area (Å²) in [5.74, 6) is 0.528. The fourth-order valence-corrected chi connectivity index (χ4v) is 1.95. The van der Waals surface area contributed by atoms with Crippen molar-refractivity contribution in [1.82, 2.24) is 15.3 Å². The fraction of sp³-hybridized carbons (Fsp3) is 0.182. The van der Waals surface area contributed by atoms with Gasteiger partial charge in [-0.1, -0.05) is 6.07 Å². The van der Waals surface area contributed by atoms with Crippen molar-refractivity contribution in [3.63, 3.8) is 0 Å². The van der Waals surface area contributed by atoms with E-state index in [2.05, 4.69) is 20.6 Å². The van der Waals surface area contributed by atoms with E-state index in [0.717, 1.165) is 10.7 Å². The minimum atomic E-state index is -0.281. The number of nitrogens with zero attached hydrogens (tertiary/aromatic N) is 2. The normalized spacial score (nSPS) is 9.94. The molecule has 0 radical (unpaired) electrons. The van der Waals surface area contributed by atoms with Gasteiger partial charge >= 0.3 is 6.03 Å². The molecule has 5 nitrogen and oxygen atoms in total. The molecule has 0 aliphatic heterocycles. The number of hydrogen-bond donors (Lipinski definition) is 2. The Morgan fingerprint density at radius 2 is 2.35 bits per heavy atom. The number of anilines is 1. The van der Waals surface area contributed by atoms with Crippen molar-refractivity contribution < 1.29 is 4.79 Å². The standard InChI is InChI=1S/C11H12N4OS/c1-8-7-17-10(14-8)6-13-11(16)15-9-4-2-3-5-12-9/h2-5,7H,6H2,1H3,(H2,12,13,15,16). The Kier molecular flexibility index (Phi) is 3.66. The van der Waals surface area contributed by atoms with Crippen LogP contribution in [0, 0.1) is 6.92 Å². The van der Waals surface area contributed by atoms with Crippen molar-refractivity contribution in [3.8, 4) is 0 Å². The van der Waals surface area contributed by atoms with Gasteiger partial charge in [-0.2, -0.15) is 0 Å². The molecule has 0 aromatic carbocycles. The van der Waals surface area contributed by atoms with Crippen LogP contribution in [0.1, 0.15) is 10.7 Å². The van der Waals surface area contributed by atoms with E-state index >= 15 is 0 Å². The highest BCUT2D eigenvalue weighted by Gasteiger charge is 2.03. The maximum absolute atomic E-state index is 11.5. The van der Waals surface area contributed by atoms with E-state index in [1.807, 2.05) is 18.4 Å². The Morgan fingerprint density at radius 3 is 3.00 bits per heavy atom. The van der Waals surface area contributed by atoms with Crippen LogP contribution in [0.5, 0.6) is 0 Å². The molecule has 6 heteroatoms. The molecule has 0 saturated heterocycles. The number of urea groups is 1. The van der Waals surface area contributed by atoms with Crippen LogP contribution in [-0.2, 0) is 6.54 Å². The van der Waals surface area contributed by atoms with Gasteiger partial charge in [-0.25, -0.2) is 14.8 Å². The van der Waals surface area contributed by atoms with Gasteiger partial charge in [0.25, 0.3) is 0 Å². The Bertz CT molecular complexity index is 497. The third kappa shape index (κ3) is 3.53. The van der Waals surface area contributed by atoms with Gasteiger partial charge in [-0.05, 0) is 19.1 Å². The molecule has 0 aliphatic carbocycles. The number of aryl methyl sites for hydroxylation is 1. The number of pyridine rings is 1. The summed E-state index contributed by atoms with van der Waals surface area (Å²) in [5.41, 5.74) is 0.969. The molecule has 2 amide bonds. The van der Waals surface area contributed by atoms with Crippen LogP contribution in [0.2, 0.25) is 0 Å². The smallest absolute Gasteiger partial charge is 0.320 e. The minimum absolute atomic E-state index is 0.281. The molecular formula is C11H12N4OS. The maximum atomic E-state index is 11.5. The third-order valence-corrected chi connectivity index (χ3v) is 2.94. The van der Waals surface area contributed by atoms with Gasteiger partial charge in [0.05, 0.1) is 6.54 Å². The molecule has 0 unspecified atom stereocenters. The van der Waals surface area contributed by atoms with Crippen molar-refractivity contribution in [2.45, 2.75) is 13.5 Å². The van der Waals surface area contributed by atoms with Crippen LogP contribution < -0.4 is 10.6 Å². The first-order valence-electron chi connectivity index (χ1n) is 5.11. The van der Waals surface area contributed by atoms with Crippen LogP contribution >= 0.6 is 11.3 Å². The van der Waals surface area contributed by atoms with E-state index in [9.17, 15) is 4.79 Å². The van der Waals surface area contributed by atoms with E-state index in [1.54, 1.807) is 18.3 Å². The summed E-state index contributed by atoms with van der Waals surface area (Å²) in [7, 11) is 0. The third-order valence-electron chi connectivity index (χ3n) is 1.97. The molecule has 88 valence electrons. The van der Waals surface area contributed by atoms with Crippen molar-refractivity contribution >= 4 is 23.2 Å². The lowest BCUT2D eigenvalue weighted by atomic mass is 10.5. The Balaban J connectivity index is 1.82. The number of thiazole rings is 1. The number of aromatic nitrogens is 2. The van der Waals surface area contributed by atoms with Crippen LogP contribution in [0.3, 0.4) is 0 Å². The zero-order valence-electron chi connectivity index (χ0n) is 9.30. The molecule has 17 heavy (non-hydrogen) atoms. The first-order chi connectivity index (χ1) is 8.24. The number of carbonyl (C=O) groups is 1. The second kappa shape index (κ2) is 5.40. The maximum Gasteiger partial charge on any atom is 0.320 e. The Hall–Kier alpha value is -1.95. The van der Waals surface area contributed by atoms with Gasteiger partial charge < -0.3 is 5.32 Å². The Morgan fingerprint density at radius 1 is 1.47 bits per heavy atom. The molecule has 0 saturated carbocycles. The summed E-state index contributed by atoms with van der Waals surface area (Å²) >= 11 is 1.53. The van der Waals surface area contributed by atoms with Crippen LogP contribution in [0.25, 0.3) is 0 Å². The predicted octanol–water partition coefficient (Wildman–Crippen LogP) is 2.17. The number of rotatable bonds is 3. The van der Waals surface area contributed by atoms with Gasteiger partial charge in [0.1, 0.15) is 10.8 Å². The SMILES string of the molecule is Cc1csc(CNC(=O)Nc2ccccn2)n1. The number of amides is 2. The van der Waals surface area contributed by atoms with Gasteiger partial charge in [-0.15, -0.1) is 11.3 Å². The highest BCUT2D eigenvalue weighted by molar-refractivity contribution is 7.09. The number of nitrogens with one attached hydrogen (secondary N) is 2. The molecule has 0 aliphatic rings. The molecule has 2 aromatic heterocycles. The minimum Gasteiger partial charge on any atom is -0.331 e. The molecule has 2 heterocycles. The summed E-state index contributed by atoms with van der Waals surface area (Å²) in [4.78, 5) is 19.8. The Labute approximate surface area is 103 Å². The van der Waals surface area contributed by atoms with Crippen molar-refractivity contribution in [2.75, 3.05) is 5.32 Å². The summed E-state index contributed by atoms with van der Waals surface area (Å²) in [5, 5.41) is 8.19. The predicted molar refractivity (Wildman–Crippen MR) is 66.9 cm³/mol. The first-order valence-corrected chi connectivity index (χ1v) is 5.99. The van der Waals surface area contributed by atoms with Crippen LogP contribution in [0.4, 0.5) is 10.6 Å². The summed E-state index contributed by atoms with van der Waals surface area (Å²) in [6.45, 7) is 2.35. The highest BCUT2D eigenvalue weighted by Crippen LogP contribution is 2.08. The molecule has 2 rings (SSSR count). The van der Waals surface area contributed by atoms with Gasteiger partial charge in [0.2, 0.25) is 0 Å². The molecule has 0 fully saturated rings. The number of hydrogen-bond acceptors (Lipinski definition) is 4. The molecule has 2 N–H and O–H groups in total. The van der Waals surface area contributed by atoms with E-state index in [-0.39, 0.29) is 6.03 Å². The fourth-order valence-electron chi connectivity index (χ4n) is 1.24. The lowest BCUT2D eigenvalue weighted by Crippen LogP contribution is -2.28. The van der Waals surface area contributed by atoms with E-state index < -0.39 is 0 Å². The van der Waals surface area contributed by atoms with Gasteiger partial charge in [0, 0.05) is 17.3 Å². The summed E-state index contributed by atoms with van der Waals surface area (Å²) < 4.78 is 0. The average Bonchev–Trinajstić information content (AvgIpc) is 2.74. The average molecular weight is 248 g/mol. The second-order valence-electron chi connectivity index (χ2n) is 3.41. The van der Waals surface area contributed by atoms with Crippen molar-refractivity contribution in [3.05, 3.63) is 40.5 Å². The zero-order valence-corrected chi connectivity index (χ0v) is 10.1. The zero-order chi connectivity index (χ0) is 12.1. The lowest BCUT2D eigenvalue weighted by Gasteiger charge is -2.04. The first kappa shape index (κ1) is 11.5. The highest BCUT2D eigenvalue weighted by atomic mass is 32.1. The number of carbonyl (C=O) groups excluding carboxylic acids is 1. The topological polar surface area (TPSA) is 66.9 Å². The molecular weight excluding hydrogens is 236 g/mol. The quantitative estimate of drug-likeness (QED) is 0.874. The second-order valence-corrected chi connectivity index (χ2v) is 4.35. The molecule has 2 aromatic rings. The molecule has 0 atom stereocenters. The monoisotopic (exact) mass is 248 g/mol. The molecule has 0 spiro atoms. The van der Waals surface area contributed by atoms with E-state index in [1.165, 1.54) is 11.3 Å². The van der Waals surface area contributed by atoms with E-state index in [0.29, 0.717) is 12.4 Å². The van der Waals surface area contributed by atoms with Gasteiger partial charge in [0.15, 0.2) is 0 Å². The van der Waals surface area contributed by atoms with Gasteiger partial charge in [-0.3, -0.25) is 5.32 Å².